The fourth-order valence-electron chi connectivity index (χ4n) is 4.69. The van der Waals surface area contributed by atoms with Gasteiger partial charge in [0.25, 0.3) is 5.56 Å². The van der Waals surface area contributed by atoms with Crippen molar-refractivity contribution in [3.63, 3.8) is 0 Å². The second kappa shape index (κ2) is 10.4. The van der Waals surface area contributed by atoms with E-state index in [4.69, 9.17) is 26.1 Å². The van der Waals surface area contributed by atoms with Crippen molar-refractivity contribution in [1.29, 1.82) is 0 Å². The molecule has 0 fully saturated rings. The van der Waals surface area contributed by atoms with Crippen molar-refractivity contribution in [2.45, 2.75) is 32.7 Å². The number of carbonyl (C=O) groups excluding carboxylic acids is 1. The SMILES string of the molecule is CCCC1=C(C(=O)OCC)[C@@H](c2cc(Cl)ccc2OC)n2c(s/c(=C/c3c[nH]c4ccccc34)c2=O)=N1. The molecule has 0 saturated heterocycles. The first-order valence-corrected chi connectivity index (χ1v) is 13.3. The van der Waals surface area contributed by atoms with Crippen molar-refractivity contribution in [3.05, 3.63) is 95.8 Å². The quantitative estimate of drug-likeness (QED) is 0.347. The molecule has 1 N–H and O–H groups in total. The van der Waals surface area contributed by atoms with Crippen LogP contribution in [0.2, 0.25) is 5.02 Å². The van der Waals surface area contributed by atoms with Gasteiger partial charge in [0.05, 0.1) is 29.5 Å². The Balaban J connectivity index is 1.81. The molecule has 7 nitrogen and oxygen atoms in total. The summed E-state index contributed by atoms with van der Waals surface area (Å²) in [4.78, 5) is 35.9. The van der Waals surface area contributed by atoms with E-state index >= 15 is 0 Å². The Morgan fingerprint density at radius 1 is 1.24 bits per heavy atom. The Bertz CT molecular complexity index is 1710. The highest BCUT2D eigenvalue weighted by Gasteiger charge is 2.36. The van der Waals surface area contributed by atoms with E-state index in [9.17, 15) is 9.59 Å². The number of nitrogens with one attached hydrogen (secondary N) is 1. The zero-order valence-corrected chi connectivity index (χ0v) is 22.3. The van der Waals surface area contributed by atoms with Crippen LogP contribution in [0.4, 0.5) is 0 Å². The number of aromatic nitrogens is 2. The molecule has 2 aromatic heterocycles. The minimum Gasteiger partial charge on any atom is -0.496 e. The molecule has 9 heteroatoms. The molecule has 0 radical (unpaired) electrons. The second-order valence-electron chi connectivity index (χ2n) is 8.59. The number of esters is 1. The molecule has 190 valence electrons. The van der Waals surface area contributed by atoms with Gasteiger partial charge in [0.1, 0.15) is 11.8 Å². The molecule has 0 aliphatic carbocycles. The van der Waals surface area contributed by atoms with Gasteiger partial charge in [-0.2, -0.15) is 0 Å². The molecule has 2 aromatic carbocycles. The lowest BCUT2D eigenvalue weighted by atomic mass is 9.93. The number of hydrogen-bond donors (Lipinski definition) is 1. The average Bonchev–Trinajstić information content (AvgIpc) is 3.44. The summed E-state index contributed by atoms with van der Waals surface area (Å²) >= 11 is 7.69. The third kappa shape index (κ3) is 4.51. The molecule has 1 aliphatic heterocycles. The van der Waals surface area contributed by atoms with Gasteiger partial charge in [-0.05, 0) is 43.7 Å². The van der Waals surface area contributed by atoms with Crippen LogP contribution in [0.5, 0.6) is 5.75 Å². The Hall–Kier alpha value is -3.62. The van der Waals surface area contributed by atoms with Gasteiger partial charge < -0.3 is 14.5 Å². The summed E-state index contributed by atoms with van der Waals surface area (Å²) < 4.78 is 13.2. The molecule has 5 rings (SSSR count). The van der Waals surface area contributed by atoms with Crippen LogP contribution in [0.15, 0.2) is 69.7 Å². The predicted molar refractivity (Wildman–Crippen MR) is 146 cm³/mol. The van der Waals surface area contributed by atoms with Gasteiger partial charge in [0.15, 0.2) is 4.80 Å². The van der Waals surface area contributed by atoms with E-state index in [0.29, 0.717) is 43.4 Å². The van der Waals surface area contributed by atoms with E-state index in [-0.39, 0.29) is 12.2 Å². The molecular formula is C28H26ClN3O4S. The number of para-hydroxylation sites is 1. The number of thiazole rings is 1. The summed E-state index contributed by atoms with van der Waals surface area (Å²) in [5, 5.41) is 1.48. The number of methoxy groups -OCH3 is 1. The number of fused-ring (bicyclic) bond motifs is 2. The Morgan fingerprint density at radius 3 is 2.81 bits per heavy atom. The number of allylic oxidation sites excluding steroid dienone is 1. The fourth-order valence-corrected chi connectivity index (χ4v) is 5.88. The Labute approximate surface area is 222 Å². The van der Waals surface area contributed by atoms with Crippen LogP contribution >= 0.6 is 22.9 Å². The smallest absolute Gasteiger partial charge is 0.338 e. The molecule has 0 amide bonds. The summed E-state index contributed by atoms with van der Waals surface area (Å²) in [6.45, 7) is 3.97. The van der Waals surface area contributed by atoms with E-state index in [0.717, 1.165) is 22.9 Å². The number of aromatic amines is 1. The van der Waals surface area contributed by atoms with Gasteiger partial charge >= 0.3 is 5.97 Å². The lowest BCUT2D eigenvalue weighted by Gasteiger charge is -2.27. The number of H-pyrrole nitrogens is 1. The summed E-state index contributed by atoms with van der Waals surface area (Å²) in [6.07, 6.45) is 5.07. The maximum Gasteiger partial charge on any atom is 0.338 e. The lowest BCUT2D eigenvalue weighted by Crippen LogP contribution is -2.40. The van der Waals surface area contributed by atoms with Crippen molar-refractivity contribution in [2.75, 3.05) is 13.7 Å². The van der Waals surface area contributed by atoms with Gasteiger partial charge in [-0.3, -0.25) is 9.36 Å². The van der Waals surface area contributed by atoms with E-state index in [1.807, 2.05) is 43.5 Å². The topological polar surface area (TPSA) is 85.7 Å². The van der Waals surface area contributed by atoms with Crippen molar-refractivity contribution in [2.24, 2.45) is 4.99 Å². The standard InChI is InChI=1S/C28H26ClN3O4S/c1-4-8-21-24(27(34)36-5-2)25(19-14-17(29)11-12-22(19)35-3)32-26(33)23(37-28(32)31-21)13-16-15-30-20-10-7-6-9-18(16)20/h6-7,9-15,25,30H,4-5,8H2,1-3H3/b23-13+/t25-/m1/s1. The molecular weight excluding hydrogens is 510 g/mol. The van der Waals surface area contributed by atoms with Crippen LogP contribution in [0.3, 0.4) is 0 Å². The highest BCUT2D eigenvalue weighted by atomic mass is 35.5. The predicted octanol–water partition coefficient (Wildman–Crippen LogP) is 4.72. The Kier molecular flexibility index (Phi) is 7.04. The number of ether oxygens (including phenoxy) is 2. The molecule has 0 unspecified atom stereocenters. The van der Waals surface area contributed by atoms with Gasteiger partial charge in [0, 0.05) is 33.2 Å². The number of nitrogens with zero attached hydrogens (tertiary/aromatic N) is 2. The van der Waals surface area contributed by atoms with E-state index in [2.05, 4.69) is 4.98 Å². The van der Waals surface area contributed by atoms with Crippen LogP contribution in [-0.4, -0.2) is 29.2 Å². The lowest BCUT2D eigenvalue weighted by molar-refractivity contribution is -0.139. The van der Waals surface area contributed by atoms with E-state index in [1.54, 1.807) is 36.8 Å². The summed E-state index contributed by atoms with van der Waals surface area (Å²) in [6, 6.07) is 12.3. The molecule has 0 bridgehead atoms. The molecule has 3 heterocycles. The van der Waals surface area contributed by atoms with Gasteiger partial charge in [-0.25, -0.2) is 9.79 Å². The average molecular weight is 536 g/mol. The third-order valence-electron chi connectivity index (χ3n) is 6.29. The molecule has 37 heavy (non-hydrogen) atoms. The number of halogens is 1. The first-order chi connectivity index (χ1) is 18.0. The van der Waals surface area contributed by atoms with Crippen LogP contribution in [-0.2, 0) is 9.53 Å². The molecule has 0 spiro atoms. The molecule has 1 atom stereocenters. The molecule has 4 aromatic rings. The molecule has 1 aliphatic rings. The van der Waals surface area contributed by atoms with Crippen LogP contribution in [0.25, 0.3) is 17.0 Å². The van der Waals surface area contributed by atoms with Gasteiger partial charge in [-0.15, -0.1) is 0 Å². The van der Waals surface area contributed by atoms with Crippen LogP contribution in [0.1, 0.15) is 43.9 Å². The Morgan fingerprint density at radius 2 is 2.05 bits per heavy atom. The zero-order valence-electron chi connectivity index (χ0n) is 20.7. The maximum atomic E-state index is 14.0. The van der Waals surface area contributed by atoms with Crippen molar-refractivity contribution in [1.82, 2.24) is 9.55 Å². The van der Waals surface area contributed by atoms with Gasteiger partial charge in [-0.1, -0.05) is 54.5 Å². The highest BCUT2D eigenvalue weighted by Crippen LogP contribution is 2.38. The largest absolute Gasteiger partial charge is 0.496 e. The number of benzene rings is 2. The highest BCUT2D eigenvalue weighted by molar-refractivity contribution is 7.07. The number of rotatable bonds is 7. The molecule has 0 saturated carbocycles. The van der Waals surface area contributed by atoms with Gasteiger partial charge in [0.2, 0.25) is 0 Å². The summed E-state index contributed by atoms with van der Waals surface area (Å²) in [5.41, 5.74) is 3.16. The normalized spacial score (nSPS) is 15.6. The van der Waals surface area contributed by atoms with E-state index < -0.39 is 12.0 Å². The summed E-state index contributed by atoms with van der Waals surface area (Å²) in [5.74, 6) is 0.00721. The first-order valence-electron chi connectivity index (χ1n) is 12.1. The van der Waals surface area contributed by atoms with Crippen molar-refractivity contribution in [3.8, 4) is 5.75 Å². The van der Waals surface area contributed by atoms with Crippen LogP contribution < -0.4 is 19.6 Å². The summed E-state index contributed by atoms with van der Waals surface area (Å²) in [7, 11) is 1.55. The number of hydrogen-bond acceptors (Lipinski definition) is 6. The van der Waals surface area contributed by atoms with Crippen molar-refractivity contribution < 1.29 is 14.3 Å². The minimum absolute atomic E-state index is 0.201. The number of carbonyl (C=O) groups is 1. The first kappa shape index (κ1) is 25.0. The second-order valence-corrected chi connectivity index (χ2v) is 10.0. The third-order valence-corrected chi connectivity index (χ3v) is 7.50. The minimum atomic E-state index is -0.796. The monoisotopic (exact) mass is 535 g/mol. The fraction of sp³-hybridized carbons (Fsp3) is 0.250. The maximum absolute atomic E-state index is 14.0. The van der Waals surface area contributed by atoms with Crippen LogP contribution in [0, 0.1) is 0 Å². The zero-order chi connectivity index (χ0) is 26.1. The van der Waals surface area contributed by atoms with Crippen molar-refractivity contribution >= 4 is 45.9 Å². The van der Waals surface area contributed by atoms with E-state index in [1.165, 1.54) is 11.3 Å².